The van der Waals surface area contributed by atoms with Gasteiger partial charge >= 0.3 is 5.97 Å². The molecule has 0 spiro atoms. The fraction of sp³-hybridized carbons (Fsp3) is 0.448. The first-order chi connectivity index (χ1) is 18.6. The number of rotatable bonds is 8. The Hall–Kier alpha value is -3.24. The van der Waals surface area contributed by atoms with Gasteiger partial charge in [-0.1, -0.05) is 18.2 Å². The van der Waals surface area contributed by atoms with Crippen molar-refractivity contribution in [1.82, 2.24) is 14.2 Å². The molecule has 1 unspecified atom stereocenters. The minimum atomic E-state index is -3.77. The SMILES string of the molecule is Cn1c(CCC(=O)O)cc2ccc(S(=O)(=O)NC3CCC(C(=O)N4CCCC4c4ccc(F)cc4)CC3)cc21. The fourth-order valence-corrected chi connectivity index (χ4v) is 7.38. The summed E-state index contributed by atoms with van der Waals surface area (Å²) in [7, 11) is -1.96. The Bertz CT molecular complexity index is 1480. The first-order valence-electron chi connectivity index (χ1n) is 13.5. The van der Waals surface area contributed by atoms with Gasteiger partial charge in [-0.15, -0.1) is 0 Å². The summed E-state index contributed by atoms with van der Waals surface area (Å²) in [5.74, 6) is -1.21. The summed E-state index contributed by atoms with van der Waals surface area (Å²) in [6.45, 7) is 0.688. The fourth-order valence-electron chi connectivity index (χ4n) is 6.05. The van der Waals surface area contributed by atoms with Crippen molar-refractivity contribution in [1.29, 1.82) is 0 Å². The van der Waals surface area contributed by atoms with Crippen molar-refractivity contribution in [2.75, 3.05) is 6.54 Å². The lowest BCUT2D eigenvalue weighted by Gasteiger charge is -2.33. The van der Waals surface area contributed by atoms with Crippen LogP contribution in [0.2, 0.25) is 0 Å². The van der Waals surface area contributed by atoms with Crippen LogP contribution in [0.5, 0.6) is 0 Å². The number of aryl methyl sites for hydroxylation is 2. The molecule has 2 heterocycles. The number of halogens is 1. The molecule has 208 valence electrons. The van der Waals surface area contributed by atoms with E-state index in [1.165, 1.54) is 12.1 Å². The average molecular weight is 556 g/mol. The Kier molecular flexibility index (Phi) is 7.77. The number of carboxylic acid groups (broad SMARTS) is 1. The van der Waals surface area contributed by atoms with Crippen molar-refractivity contribution in [3.63, 3.8) is 0 Å². The summed E-state index contributed by atoms with van der Waals surface area (Å²) < 4.78 is 44.5. The highest BCUT2D eigenvalue weighted by atomic mass is 32.2. The number of carbonyl (C=O) groups excluding carboxylic acids is 1. The number of nitrogens with one attached hydrogen (secondary N) is 1. The first-order valence-corrected chi connectivity index (χ1v) is 15.0. The number of carboxylic acids is 1. The standard InChI is InChI=1S/C29H34FN3O5S/c1-32-24(13-15-28(34)35)17-21-8-14-25(18-27(21)32)39(37,38)31-23-11-6-20(7-12-23)29(36)33-16-2-3-26(33)19-4-9-22(30)10-5-19/h4-5,8-10,14,17-18,20,23,26,31H,2-3,6-7,11-13,15-16H2,1H3,(H,34,35). The summed E-state index contributed by atoms with van der Waals surface area (Å²) in [6.07, 6.45) is 4.53. The van der Waals surface area contributed by atoms with Crippen LogP contribution in [-0.4, -0.2) is 47.5 Å². The molecule has 39 heavy (non-hydrogen) atoms. The van der Waals surface area contributed by atoms with Crippen molar-refractivity contribution in [3.8, 4) is 0 Å². The van der Waals surface area contributed by atoms with Crippen LogP contribution in [0, 0.1) is 11.7 Å². The molecule has 1 saturated carbocycles. The Morgan fingerprint density at radius 1 is 1.03 bits per heavy atom. The van der Waals surface area contributed by atoms with Gasteiger partial charge in [-0.3, -0.25) is 9.59 Å². The molecule has 3 aromatic rings. The normalized spacial score (nSPS) is 21.9. The third-order valence-electron chi connectivity index (χ3n) is 8.21. The quantitative estimate of drug-likeness (QED) is 0.424. The second-order valence-corrected chi connectivity index (χ2v) is 12.4. The van der Waals surface area contributed by atoms with Crippen LogP contribution in [-0.2, 0) is 33.1 Å². The zero-order chi connectivity index (χ0) is 27.7. The molecule has 2 aromatic carbocycles. The number of hydrogen-bond acceptors (Lipinski definition) is 4. The van der Waals surface area contributed by atoms with Gasteiger partial charge < -0.3 is 14.6 Å². The van der Waals surface area contributed by atoms with Crippen molar-refractivity contribution >= 4 is 32.8 Å². The number of aliphatic carboxylic acids is 1. The van der Waals surface area contributed by atoms with E-state index in [0.29, 0.717) is 38.6 Å². The van der Waals surface area contributed by atoms with Gasteiger partial charge in [0.05, 0.1) is 17.4 Å². The maximum Gasteiger partial charge on any atom is 0.303 e. The molecule has 2 fully saturated rings. The second-order valence-electron chi connectivity index (χ2n) is 10.7. The molecule has 0 radical (unpaired) electrons. The molecule has 1 aromatic heterocycles. The van der Waals surface area contributed by atoms with Crippen LogP contribution in [0.4, 0.5) is 4.39 Å². The number of likely N-dealkylation sites (tertiary alicyclic amines) is 1. The Morgan fingerprint density at radius 2 is 1.74 bits per heavy atom. The molecular formula is C29H34FN3O5S. The molecule has 1 saturated heterocycles. The smallest absolute Gasteiger partial charge is 0.303 e. The van der Waals surface area contributed by atoms with Crippen LogP contribution in [0.25, 0.3) is 10.9 Å². The molecule has 1 amide bonds. The minimum absolute atomic E-state index is 0.00665. The van der Waals surface area contributed by atoms with Gasteiger partial charge in [0.15, 0.2) is 0 Å². The van der Waals surface area contributed by atoms with E-state index >= 15 is 0 Å². The monoisotopic (exact) mass is 555 g/mol. The molecule has 1 aliphatic heterocycles. The highest BCUT2D eigenvalue weighted by Gasteiger charge is 2.36. The van der Waals surface area contributed by atoms with E-state index in [2.05, 4.69) is 4.72 Å². The number of aromatic nitrogens is 1. The van der Waals surface area contributed by atoms with Gasteiger partial charge in [-0.05, 0) is 86.2 Å². The van der Waals surface area contributed by atoms with Gasteiger partial charge in [0.1, 0.15) is 5.82 Å². The molecule has 1 aliphatic carbocycles. The summed E-state index contributed by atoms with van der Waals surface area (Å²) in [4.78, 5) is 26.4. The van der Waals surface area contributed by atoms with Crippen molar-refractivity contribution < 1.29 is 27.5 Å². The van der Waals surface area contributed by atoms with Crippen LogP contribution in [0.3, 0.4) is 0 Å². The van der Waals surface area contributed by atoms with E-state index in [-0.39, 0.29) is 41.0 Å². The van der Waals surface area contributed by atoms with Crippen molar-refractivity contribution in [2.24, 2.45) is 13.0 Å². The molecule has 1 atom stereocenters. The molecule has 0 bridgehead atoms. The number of fused-ring (bicyclic) bond motifs is 1. The Balaban J connectivity index is 1.21. The number of hydrogen-bond donors (Lipinski definition) is 2. The maximum absolute atomic E-state index is 13.4. The third-order valence-corrected chi connectivity index (χ3v) is 9.73. The molecule has 8 nitrogen and oxygen atoms in total. The van der Waals surface area contributed by atoms with Crippen LogP contribution in [0.1, 0.15) is 62.2 Å². The van der Waals surface area contributed by atoms with Crippen LogP contribution < -0.4 is 4.72 Å². The zero-order valence-corrected chi connectivity index (χ0v) is 22.8. The lowest BCUT2D eigenvalue weighted by Crippen LogP contribution is -2.42. The largest absolute Gasteiger partial charge is 0.481 e. The number of sulfonamides is 1. The van der Waals surface area contributed by atoms with Gasteiger partial charge in [0, 0.05) is 36.8 Å². The minimum Gasteiger partial charge on any atom is -0.481 e. The van der Waals surface area contributed by atoms with Crippen molar-refractivity contribution in [3.05, 3.63) is 65.6 Å². The molecule has 10 heteroatoms. The molecule has 5 rings (SSSR count). The summed E-state index contributed by atoms with van der Waals surface area (Å²) in [5, 5.41) is 9.84. The van der Waals surface area contributed by atoms with E-state index in [4.69, 9.17) is 5.11 Å². The zero-order valence-electron chi connectivity index (χ0n) is 22.0. The van der Waals surface area contributed by atoms with Gasteiger partial charge in [-0.25, -0.2) is 17.5 Å². The first kappa shape index (κ1) is 27.3. The predicted molar refractivity (Wildman–Crippen MR) is 145 cm³/mol. The Labute approximate surface area is 227 Å². The lowest BCUT2D eigenvalue weighted by atomic mass is 9.85. The van der Waals surface area contributed by atoms with Crippen LogP contribution in [0.15, 0.2) is 53.4 Å². The average Bonchev–Trinajstić information content (AvgIpc) is 3.52. The van der Waals surface area contributed by atoms with Gasteiger partial charge in [0.2, 0.25) is 15.9 Å². The van der Waals surface area contributed by atoms with Gasteiger partial charge in [-0.2, -0.15) is 0 Å². The summed E-state index contributed by atoms with van der Waals surface area (Å²) >= 11 is 0. The molecule has 2 aliphatic rings. The third kappa shape index (κ3) is 5.86. The van der Waals surface area contributed by atoms with Crippen molar-refractivity contribution in [2.45, 2.75) is 68.3 Å². The predicted octanol–water partition coefficient (Wildman–Crippen LogP) is 4.54. The number of nitrogens with zero attached hydrogens (tertiary/aromatic N) is 2. The van der Waals surface area contributed by atoms with E-state index in [9.17, 15) is 22.4 Å². The van der Waals surface area contributed by atoms with E-state index in [1.807, 2.05) is 22.6 Å². The summed E-state index contributed by atoms with van der Waals surface area (Å²) in [6, 6.07) is 12.9. The molecular weight excluding hydrogens is 521 g/mol. The van der Waals surface area contributed by atoms with E-state index in [0.717, 1.165) is 35.0 Å². The van der Waals surface area contributed by atoms with Crippen LogP contribution >= 0.6 is 0 Å². The number of amides is 1. The summed E-state index contributed by atoms with van der Waals surface area (Å²) in [5.41, 5.74) is 2.51. The lowest BCUT2D eigenvalue weighted by molar-refractivity contribution is -0.138. The maximum atomic E-state index is 13.4. The number of carbonyl (C=O) groups is 2. The van der Waals surface area contributed by atoms with E-state index in [1.54, 1.807) is 30.3 Å². The highest BCUT2D eigenvalue weighted by molar-refractivity contribution is 7.89. The second kappa shape index (κ2) is 11.1. The van der Waals surface area contributed by atoms with Gasteiger partial charge in [0.25, 0.3) is 0 Å². The number of benzene rings is 2. The van der Waals surface area contributed by atoms with E-state index < -0.39 is 16.0 Å². The highest BCUT2D eigenvalue weighted by Crippen LogP contribution is 2.36. The molecule has 2 N–H and O–H groups in total. The topological polar surface area (TPSA) is 109 Å². The Morgan fingerprint density at radius 3 is 2.44 bits per heavy atom.